The van der Waals surface area contributed by atoms with Crippen molar-refractivity contribution in [2.45, 2.75) is 32.7 Å². The first-order valence-corrected chi connectivity index (χ1v) is 5.03. The summed E-state index contributed by atoms with van der Waals surface area (Å²) in [4.78, 5) is 11.8. The van der Waals surface area contributed by atoms with Crippen LogP contribution in [-0.2, 0) is 29.2 Å². The molecular weight excluding hydrogens is 198 g/mol. The van der Waals surface area contributed by atoms with Crippen LogP contribution in [0.5, 0.6) is 0 Å². The van der Waals surface area contributed by atoms with E-state index in [-0.39, 0.29) is 11.8 Å². The molecule has 0 amide bonds. The SMILES string of the molecule is CCn1c(COC)nn(CC2CO2)c1=O. The Morgan fingerprint density at radius 3 is 2.93 bits per heavy atom. The predicted octanol–water partition coefficient (Wildman–Crippen LogP) is -0.390. The maximum absolute atomic E-state index is 11.8. The van der Waals surface area contributed by atoms with Crippen LogP contribution in [0.1, 0.15) is 12.7 Å². The van der Waals surface area contributed by atoms with Crippen LogP contribution in [0.15, 0.2) is 4.79 Å². The molecule has 1 aromatic rings. The lowest BCUT2D eigenvalue weighted by atomic mass is 10.5. The van der Waals surface area contributed by atoms with Crippen LogP contribution in [0.25, 0.3) is 0 Å². The average Bonchev–Trinajstić information content (AvgIpc) is 2.96. The number of hydrogen-bond acceptors (Lipinski definition) is 4. The predicted molar refractivity (Wildman–Crippen MR) is 52.6 cm³/mol. The summed E-state index contributed by atoms with van der Waals surface area (Å²) in [5, 5.41) is 4.21. The summed E-state index contributed by atoms with van der Waals surface area (Å²) >= 11 is 0. The van der Waals surface area contributed by atoms with Crippen LogP contribution < -0.4 is 5.69 Å². The Morgan fingerprint density at radius 2 is 2.40 bits per heavy atom. The zero-order valence-electron chi connectivity index (χ0n) is 8.97. The van der Waals surface area contributed by atoms with Crippen molar-refractivity contribution in [3.63, 3.8) is 0 Å². The smallest absolute Gasteiger partial charge is 0.346 e. The molecule has 1 saturated heterocycles. The van der Waals surface area contributed by atoms with Crippen LogP contribution in [-0.4, -0.2) is 34.2 Å². The van der Waals surface area contributed by atoms with Gasteiger partial charge in [0.05, 0.1) is 13.2 Å². The first-order chi connectivity index (χ1) is 7.26. The summed E-state index contributed by atoms with van der Waals surface area (Å²) in [5.74, 6) is 0.672. The van der Waals surface area contributed by atoms with Crippen LogP contribution >= 0.6 is 0 Å². The topological polar surface area (TPSA) is 61.6 Å². The molecular formula is C9H15N3O3. The van der Waals surface area contributed by atoms with Crippen LogP contribution in [0.4, 0.5) is 0 Å². The van der Waals surface area contributed by atoms with Crippen LogP contribution in [0.2, 0.25) is 0 Å². The molecule has 0 radical (unpaired) electrons. The van der Waals surface area contributed by atoms with E-state index in [1.807, 2.05) is 6.92 Å². The number of rotatable bonds is 5. The minimum atomic E-state index is -0.0833. The quantitative estimate of drug-likeness (QED) is 0.625. The zero-order valence-corrected chi connectivity index (χ0v) is 8.97. The molecule has 0 aliphatic carbocycles. The average molecular weight is 213 g/mol. The molecule has 1 unspecified atom stereocenters. The third kappa shape index (κ3) is 2.10. The minimum absolute atomic E-state index is 0.0833. The van der Waals surface area contributed by atoms with Crippen molar-refractivity contribution in [3.8, 4) is 0 Å². The van der Waals surface area contributed by atoms with Gasteiger partial charge in [0.25, 0.3) is 0 Å². The number of hydrogen-bond donors (Lipinski definition) is 0. The van der Waals surface area contributed by atoms with Gasteiger partial charge in [0, 0.05) is 13.7 Å². The van der Waals surface area contributed by atoms with E-state index in [0.717, 1.165) is 6.61 Å². The highest BCUT2D eigenvalue weighted by molar-refractivity contribution is 4.86. The van der Waals surface area contributed by atoms with Gasteiger partial charge in [0.15, 0.2) is 5.82 Å². The number of ether oxygens (including phenoxy) is 2. The Bertz CT molecular complexity index is 392. The van der Waals surface area contributed by atoms with Gasteiger partial charge in [-0.1, -0.05) is 0 Å². The molecule has 6 heteroatoms. The van der Waals surface area contributed by atoms with Gasteiger partial charge in [0.1, 0.15) is 12.7 Å². The highest BCUT2D eigenvalue weighted by Crippen LogP contribution is 2.10. The first kappa shape index (κ1) is 10.4. The van der Waals surface area contributed by atoms with Crippen molar-refractivity contribution < 1.29 is 9.47 Å². The van der Waals surface area contributed by atoms with Gasteiger partial charge in [-0.3, -0.25) is 4.57 Å². The first-order valence-electron chi connectivity index (χ1n) is 5.03. The van der Waals surface area contributed by atoms with E-state index >= 15 is 0 Å². The lowest BCUT2D eigenvalue weighted by Crippen LogP contribution is -2.26. The van der Waals surface area contributed by atoms with Crippen LogP contribution in [0.3, 0.4) is 0 Å². The van der Waals surface area contributed by atoms with Crippen molar-refractivity contribution in [2.75, 3.05) is 13.7 Å². The monoisotopic (exact) mass is 213 g/mol. The van der Waals surface area contributed by atoms with E-state index in [0.29, 0.717) is 25.5 Å². The number of aromatic nitrogens is 3. The lowest BCUT2D eigenvalue weighted by Gasteiger charge is -1.98. The van der Waals surface area contributed by atoms with Crippen molar-refractivity contribution in [3.05, 3.63) is 16.3 Å². The molecule has 2 heterocycles. The van der Waals surface area contributed by atoms with E-state index in [9.17, 15) is 4.79 Å². The molecule has 1 fully saturated rings. The second kappa shape index (κ2) is 4.16. The van der Waals surface area contributed by atoms with E-state index in [1.54, 1.807) is 11.7 Å². The van der Waals surface area contributed by atoms with Gasteiger partial charge >= 0.3 is 5.69 Å². The molecule has 6 nitrogen and oxygen atoms in total. The van der Waals surface area contributed by atoms with E-state index in [4.69, 9.17) is 9.47 Å². The summed E-state index contributed by atoms with van der Waals surface area (Å²) < 4.78 is 13.1. The molecule has 1 atom stereocenters. The van der Waals surface area contributed by atoms with Gasteiger partial charge in [-0.2, -0.15) is 5.10 Å². The Balaban J connectivity index is 2.25. The summed E-state index contributed by atoms with van der Waals surface area (Å²) in [6, 6.07) is 0. The van der Waals surface area contributed by atoms with Crippen LogP contribution in [0, 0.1) is 0 Å². The standard InChI is InChI=1S/C9H15N3O3/c1-3-11-8(6-14-2)10-12(9(11)13)4-7-5-15-7/h7H,3-6H2,1-2H3. The van der Waals surface area contributed by atoms with Crippen molar-refractivity contribution in [1.82, 2.24) is 14.3 Å². The molecule has 1 aliphatic rings. The third-order valence-electron chi connectivity index (χ3n) is 2.37. The minimum Gasteiger partial charge on any atom is -0.377 e. The summed E-state index contributed by atoms with van der Waals surface area (Å²) in [5.41, 5.74) is -0.0833. The van der Waals surface area contributed by atoms with Gasteiger partial charge in [-0.15, -0.1) is 0 Å². The fourth-order valence-electron chi connectivity index (χ4n) is 1.52. The summed E-state index contributed by atoms with van der Waals surface area (Å²) in [6.07, 6.45) is 0.165. The fourth-order valence-corrected chi connectivity index (χ4v) is 1.52. The highest BCUT2D eigenvalue weighted by Gasteiger charge is 2.25. The number of nitrogens with zero attached hydrogens (tertiary/aromatic N) is 3. The van der Waals surface area contributed by atoms with E-state index in [2.05, 4.69) is 5.10 Å². The normalized spacial score (nSPS) is 19.5. The Kier molecular flexibility index (Phi) is 2.88. The maximum atomic E-state index is 11.8. The third-order valence-corrected chi connectivity index (χ3v) is 2.37. The molecule has 15 heavy (non-hydrogen) atoms. The summed E-state index contributed by atoms with van der Waals surface area (Å²) in [6.45, 7) is 4.17. The molecule has 2 rings (SSSR count). The summed E-state index contributed by atoms with van der Waals surface area (Å²) in [7, 11) is 1.59. The molecule has 0 spiro atoms. The Labute approximate surface area is 87.4 Å². The van der Waals surface area contributed by atoms with Gasteiger partial charge < -0.3 is 9.47 Å². The molecule has 0 N–H and O–H groups in total. The second-order valence-corrected chi connectivity index (χ2v) is 3.51. The van der Waals surface area contributed by atoms with Crippen molar-refractivity contribution in [2.24, 2.45) is 0 Å². The molecule has 0 aromatic carbocycles. The lowest BCUT2D eigenvalue weighted by molar-refractivity contribution is 0.173. The second-order valence-electron chi connectivity index (χ2n) is 3.51. The van der Waals surface area contributed by atoms with Gasteiger partial charge in [-0.05, 0) is 6.92 Å². The molecule has 1 aromatic heterocycles. The van der Waals surface area contributed by atoms with E-state index in [1.165, 1.54) is 4.68 Å². The van der Waals surface area contributed by atoms with Gasteiger partial charge in [-0.25, -0.2) is 9.48 Å². The maximum Gasteiger partial charge on any atom is 0.346 e. The van der Waals surface area contributed by atoms with E-state index < -0.39 is 0 Å². The Hall–Kier alpha value is -1.14. The molecule has 84 valence electrons. The Morgan fingerprint density at radius 1 is 1.67 bits per heavy atom. The van der Waals surface area contributed by atoms with Crippen molar-refractivity contribution in [1.29, 1.82) is 0 Å². The molecule has 1 aliphatic heterocycles. The number of methoxy groups -OCH3 is 1. The largest absolute Gasteiger partial charge is 0.377 e. The molecule has 0 saturated carbocycles. The molecule has 0 bridgehead atoms. The van der Waals surface area contributed by atoms with Gasteiger partial charge in [0.2, 0.25) is 0 Å². The number of epoxide rings is 1. The highest BCUT2D eigenvalue weighted by atomic mass is 16.6. The van der Waals surface area contributed by atoms with Crippen molar-refractivity contribution >= 4 is 0 Å². The zero-order chi connectivity index (χ0) is 10.8. The fraction of sp³-hybridized carbons (Fsp3) is 0.778.